The number of nitrogens with zero attached hydrogens (tertiary/aromatic N) is 2. The molecule has 3 rings (SSSR count). The van der Waals surface area contributed by atoms with Crippen LogP contribution in [-0.2, 0) is 14.8 Å². The number of carbonyl (C=O) groups excluding carboxylic acids is 1. The number of ether oxygens (including phenoxy) is 1. The molecule has 0 aliphatic heterocycles. The second-order valence-corrected chi connectivity index (χ2v) is 9.23. The summed E-state index contributed by atoms with van der Waals surface area (Å²) in [5, 5.41) is 3.91. The Morgan fingerprint density at radius 3 is 2.48 bits per heavy atom. The van der Waals surface area contributed by atoms with Gasteiger partial charge in [0.15, 0.2) is 0 Å². The highest BCUT2D eigenvalue weighted by Crippen LogP contribution is 2.31. The fourth-order valence-electron chi connectivity index (χ4n) is 2.88. The minimum Gasteiger partial charge on any atom is -0.495 e. The summed E-state index contributed by atoms with van der Waals surface area (Å²) in [7, 11) is -2.69. The Kier molecular flexibility index (Phi) is 7.67. The number of amides is 1. The smallest absolute Gasteiger partial charge is 0.264 e. The monoisotopic (exact) mass is 489 g/mol. The van der Waals surface area contributed by atoms with Gasteiger partial charge in [0.05, 0.1) is 28.9 Å². The molecule has 0 radical (unpaired) electrons. The molecule has 172 valence electrons. The molecule has 7 nitrogen and oxygen atoms in total. The number of benzene rings is 3. The van der Waals surface area contributed by atoms with Crippen LogP contribution in [0.4, 0.5) is 10.1 Å². The number of halogens is 2. The molecule has 0 aliphatic rings. The Morgan fingerprint density at radius 2 is 1.85 bits per heavy atom. The zero-order chi connectivity index (χ0) is 24.0. The maximum Gasteiger partial charge on any atom is 0.264 e. The number of carbonyl (C=O) groups is 1. The van der Waals surface area contributed by atoms with Gasteiger partial charge in [0.2, 0.25) is 0 Å². The predicted octanol–water partition coefficient (Wildman–Crippen LogP) is 4.14. The first kappa shape index (κ1) is 24.2. The van der Waals surface area contributed by atoms with E-state index in [4.69, 9.17) is 16.3 Å². The first-order chi connectivity index (χ1) is 15.7. The Labute approximate surface area is 196 Å². The number of hydrogen-bond donors (Lipinski definition) is 1. The number of hydrogen-bond acceptors (Lipinski definition) is 5. The molecule has 1 amide bonds. The van der Waals surface area contributed by atoms with Crippen LogP contribution in [0.3, 0.4) is 0 Å². The van der Waals surface area contributed by atoms with Gasteiger partial charge in [0.1, 0.15) is 18.1 Å². The molecule has 33 heavy (non-hydrogen) atoms. The summed E-state index contributed by atoms with van der Waals surface area (Å²) < 4.78 is 46.5. The van der Waals surface area contributed by atoms with Crippen LogP contribution < -0.4 is 14.5 Å². The molecule has 0 aliphatic carbocycles. The fourth-order valence-corrected chi connectivity index (χ4v) is 4.55. The van der Waals surface area contributed by atoms with Gasteiger partial charge in [0.25, 0.3) is 15.9 Å². The van der Waals surface area contributed by atoms with Crippen molar-refractivity contribution in [2.45, 2.75) is 11.8 Å². The molecule has 0 saturated carbocycles. The molecule has 0 fully saturated rings. The van der Waals surface area contributed by atoms with Gasteiger partial charge in [-0.1, -0.05) is 47.5 Å². The minimum absolute atomic E-state index is 0.00250. The third-order valence-electron chi connectivity index (χ3n) is 4.62. The van der Waals surface area contributed by atoms with Gasteiger partial charge in [-0.2, -0.15) is 5.10 Å². The highest BCUT2D eigenvalue weighted by atomic mass is 35.5. The highest BCUT2D eigenvalue weighted by molar-refractivity contribution is 7.92. The number of sulfonamides is 1. The first-order valence-corrected chi connectivity index (χ1v) is 11.5. The summed E-state index contributed by atoms with van der Waals surface area (Å²) in [4.78, 5) is 12.6. The quantitative estimate of drug-likeness (QED) is 0.380. The summed E-state index contributed by atoms with van der Waals surface area (Å²) in [6.07, 6.45) is 1.14. The molecule has 0 aromatic heterocycles. The summed E-state index contributed by atoms with van der Waals surface area (Å²) >= 11 is 6.19. The highest BCUT2D eigenvalue weighted by Gasteiger charge is 2.27. The Morgan fingerprint density at radius 1 is 1.15 bits per heavy atom. The SMILES string of the molecule is COc1ccc(N(CC(=O)N/N=C\c2ccccc2F)S(=O)(=O)c2ccc(C)cc2)cc1Cl. The molecule has 10 heteroatoms. The van der Waals surface area contributed by atoms with Crippen molar-refractivity contribution >= 4 is 39.4 Å². The average Bonchev–Trinajstić information content (AvgIpc) is 2.79. The maximum absolute atomic E-state index is 13.7. The third-order valence-corrected chi connectivity index (χ3v) is 6.70. The van der Waals surface area contributed by atoms with Crippen molar-refractivity contribution in [3.8, 4) is 5.75 Å². The van der Waals surface area contributed by atoms with E-state index in [1.165, 1.54) is 55.6 Å². The van der Waals surface area contributed by atoms with Gasteiger partial charge in [-0.25, -0.2) is 18.2 Å². The van der Waals surface area contributed by atoms with Gasteiger partial charge in [-0.15, -0.1) is 0 Å². The van der Waals surface area contributed by atoms with Gasteiger partial charge >= 0.3 is 0 Å². The fraction of sp³-hybridized carbons (Fsp3) is 0.130. The lowest BCUT2D eigenvalue weighted by molar-refractivity contribution is -0.119. The zero-order valence-corrected chi connectivity index (χ0v) is 19.4. The van der Waals surface area contributed by atoms with E-state index < -0.39 is 28.3 Å². The number of hydrazone groups is 1. The van der Waals surface area contributed by atoms with Crippen LogP contribution in [-0.4, -0.2) is 34.2 Å². The van der Waals surface area contributed by atoms with E-state index in [1.54, 1.807) is 18.2 Å². The van der Waals surface area contributed by atoms with Crippen LogP contribution in [0.15, 0.2) is 76.7 Å². The number of aryl methyl sites for hydroxylation is 1. The molecule has 0 saturated heterocycles. The van der Waals surface area contributed by atoms with Gasteiger partial charge in [0, 0.05) is 5.56 Å². The van der Waals surface area contributed by atoms with E-state index in [2.05, 4.69) is 10.5 Å². The number of rotatable bonds is 8. The molecule has 0 spiro atoms. The van der Waals surface area contributed by atoms with E-state index in [1.807, 2.05) is 6.92 Å². The van der Waals surface area contributed by atoms with Crippen molar-refractivity contribution in [3.63, 3.8) is 0 Å². The number of nitrogens with one attached hydrogen (secondary N) is 1. The van der Waals surface area contributed by atoms with Crippen molar-refractivity contribution in [1.29, 1.82) is 0 Å². The van der Waals surface area contributed by atoms with Crippen LogP contribution in [0.2, 0.25) is 5.02 Å². The van der Waals surface area contributed by atoms with Gasteiger partial charge in [-0.05, 0) is 43.3 Å². The van der Waals surface area contributed by atoms with Gasteiger partial charge in [-0.3, -0.25) is 9.10 Å². The summed E-state index contributed by atoms with van der Waals surface area (Å²) in [5.41, 5.74) is 3.44. The maximum atomic E-state index is 13.7. The van der Waals surface area contributed by atoms with Crippen LogP contribution in [0.25, 0.3) is 0 Å². The van der Waals surface area contributed by atoms with Crippen molar-refractivity contribution in [2.75, 3.05) is 18.0 Å². The second-order valence-electron chi connectivity index (χ2n) is 6.96. The molecule has 3 aromatic carbocycles. The molecule has 0 heterocycles. The Hall–Kier alpha value is -3.43. The lowest BCUT2D eigenvalue weighted by atomic mass is 10.2. The average molecular weight is 490 g/mol. The third kappa shape index (κ3) is 5.88. The van der Waals surface area contributed by atoms with E-state index >= 15 is 0 Å². The van der Waals surface area contributed by atoms with Crippen molar-refractivity contribution in [1.82, 2.24) is 5.43 Å². The van der Waals surface area contributed by atoms with Crippen LogP contribution in [0, 0.1) is 12.7 Å². The summed E-state index contributed by atoms with van der Waals surface area (Å²) in [5.74, 6) is -0.885. The standard InChI is InChI=1S/C23H21ClFN3O4S/c1-16-7-10-19(11-8-16)33(30,31)28(18-9-12-22(32-2)20(24)13-18)15-23(29)27-26-14-17-5-3-4-6-21(17)25/h3-14H,15H2,1-2H3,(H,27,29)/b26-14-. The minimum atomic E-state index is -4.13. The van der Waals surface area contributed by atoms with Crippen molar-refractivity contribution < 1.29 is 22.3 Å². The van der Waals surface area contributed by atoms with Crippen molar-refractivity contribution in [3.05, 3.63) is 88.7 Å². The Balaban J connectivity index is 1.90. The summed E-state index contributed by atoms with van der Waals surface area (Å²) in [6, 6.07) is 16.5. The topological polar surface area (TPSA) is 88.1 Å². The number of anilines is 1. The molecular weight excluding hydrogens is 469 g/mol. The van der Waals surface area contributed by atoms with E-state index in [-0.39, 0.29) is 21.2 Å². The second kappa shape index (κ2) is 10.5. The number of methoxy groups -OCH3 is 1. The Bertz CT molecular complexity index is 1280. The van der Waals surface area contributed by atoms with Crippen LogP contribution in [0.5, 0.6) is 5.75 Å². The lowest BCUT2D eigenvalue weighted by Crippen LogP contribution is -2.39. The van der Waals surface area contributed by atoms with Crippen LogP contribution >= 0.6 is 11.6 Å². The normalized spacial score (nSPS) is 11.4. The van der Waals surface area contributed by atoms with Crippen LogP contribution in [0.1, 0.15) is 11.1 Å². The molecule has 0 bridgehead atoms. The van der Waals surface area contributed by atoms with Crippen molar-refractivity contribution in [2.24, 2.45) is 5.10 Å². The molecule has 1 N–H and O–H groups in total. The molecule has 0 unspecified atom stereocenters. The largest absolute Gasteiger partial charge is 0.495 e. The molecule has 3 aromatic rings. The molecule has 0 atom stereocenters. The predicted molar refractivity (Wildman–Crippen MR) is 126 cm³/mol. The zero-order valence-electron chi connectivity index (χ0n) is 17.8. The summed E-state index contributed by atoms with van der Waals surface area (Å²) in [6.45, 7) is 1.24. The van der Waals surface area contributed by atoms with E-state index in [0.29, 0.717) is 5.75 Å². The van der Waals surface area contributed by atoms with Gasteiger partial charge < -0.3 is 4.74 Å². The lowest BCUT2D eigenvalue weighted by Gasteiger charge is -2.24. The molecular formula is C23H21ClFN3O4S. The first-order valence-electron chi connectivity index (χ1n) is 9.72. The van der Waals surface area contributed by atoms with E-state index in [0.717, 1.165) is 16.1 Å². The van der Waals surface area contributed by atoms with E-state index in [9.17, 15) is 17.6 Å².